The van der Waals surface area contributed by atoms with Gasteiger partial charge in [0.1, 0.15) is 0 Å². The second-order valence-electron chi connectivity index (χ2n) is 3.09. The van der Waals surface area contributed by atoms with E-state index in [0.29, 0.717) is 0 Å². The molecule has 0 unspecified atom stereocenters. The molecule has 1 heterocycles. The number of hydrogen-bond donors (Lipinski definition) is 0. The first-order chi connectivity index (χ1) is 9.74. The van der Waals surface area contributed by atoms with Crippen LogP contribution in [0.3, 0.4) is 0 Å². The van der Waals surface area contributed by atoms with Crippen molar-refractivity contribution in [3.05, 3.63) is 22.3 Å². The Morgan fingerprint density at radius 3 is 1.10 bits per heavy atom. The van der Waals surface area contributed by atoms with Crippen LogP contribution in [-0.2, 0) is 21.7 Å². The molecule has 0 saturated heterocycles. The molecule has 0 radical (unpaired) electrons. The van der Waals surface area contributed by atoms with Gasteiger partial charge >= 0.3 is 21.7 Å². The van der Waals surface area contributed by atoms with Crippen LogP contribution in [0.4, 0.5) is 0 Å². The summed E-state index contributed by atoms with van der Waals surface area (Å²) in [5.41, 5.74) is 0. The van der Waals surface area contributed by atoms with Gasteiger partial charge in [-0.25, -0.2) is 0 Å². The Balaban J connectivity index is -0.0000000903. The predicted molar refractivity (Wildman–Crippen MR) is 86.5 cm³/mol. The minimum absolute atomic E-state index is 0. The summed E-state index contributed by atoms with van der Waals surface area (Å²) in [6.45, 7) is 18.1. The average molecular weight is 333 g/mol. The molecule has 0 aliphatic rings. The Labute approximate surface area is 145 Å². The summed E-state index contributed by atoms with van der Waals surface area (Å²) in [5.74, 6) is 0. The van der Waals surface area contributed by atoms with Gasteiger partial charge in [-0.1, -0.05) is 41.5 Å². The van der Waals surface area contributed by atoms with Crippen LogP contribution in [0.15, 0.2) is 6.33 Å². The second kappa shape index (κ2) is 36.7. The Morgan fingerprint density at radius 1 is 0.714 bits per heavy atom. The van der Waals surface area contributed by atoms with E-state index in [-0.39, 0.29) is 21.7 Å². The zero-order valence-electron chi connectivity index (χ0n) is 14.5. The Hall–Kier alpha value is -0.336. The first kappa shape index (κ1) is 28.8. The molecule has 1 aromatic heterocycles. The van der Waals surface area contributed by atoms with E-state index in [0.717, 1.165) is 39.3 Å². The molecule has 0 N–H and O–H groups in total. The van der Waals surface area contributed by atoms with Gasteiger partial charge in [-0.05, 0) is 6.33 Å². The zero-order chi connectivity index (χ0) is 15.9. The SMILES string of the molecule is CC[N-]CC.CC[N-]CC.CC[N-]CC.[Ti+4].c1nnn[n-]1. The monoisotopic (exact) mass is 333 g/mol. The van der Waals surface area contributed by atoms with E-state index in [2.05, 4.69) is 36.6 Å². The third-order valence-electron chi connectivity index (χ3n) is 1.59. The van der Waals surface area contributed by atoms with Crippen molar-refractivity contribution in [2.24, 2.45) is 0 Å². The maximum absolute atomic E-state index is 3.97. The van der Waals surface area contributed by atoms with Crippen molar-refractivity contribution in [2.75, 3.05) is 39.3 Å². The molecule has 0 bridgehead atoms. The van der Waals surface area contributed by atoms with Gasteiger partial charge in [-0.3, -0.25) is 10.3 Å². The molecule has 0 aliphatic heterocycles. The van der Waals surface area contributed by atoms with Crippen LogP contribution in [-0.4, -0.2) is 54.8 Å². The summed E-state index contributed by atoms with van der Waals surface area (Å²) in [6.07, 6.45) is 1.28. The van der Waals surface area contributed by atoms with Crippen LogP contribution in [0, 0.1) is 0 Å². The fraction of sp³-hybridized carbons (Fsp3) is 0.923. The second-order valence-corrected chi connectivity index (χ2v) is 3.09. The summed E-state index contributed by atoms with van der Waals surface area (Å²) < 4.78 is 0. The summed E-state index contributed by atoms with van der Waals surface area (Å²) in [6, 6.07) is 0. The molecule has 7 nitrogen and oxygen atoms in total. The van der Waals surface area contributed by atoms with Crippen molar-refractivity contribution in [1.82, 2.24) is 20.6 Å². The van der Waals surface area contributed by atoms with Gasteiger partial charge in [0.25, 0.3) is 0 Å². The quantitative estimate of drug-likeness (QED) is 0.748. The van der Waals surface area contributed by atoms with E-state index in [1.165, 1.54) is 6.33 Å². The van der Waals surface area contributed by atoms with Crippen LogP contribution in [0.5, 0.6) is 0 Å². The van der Waals surface area contributed by atoms with Crippen molar-refractivity contribution in [2.45, 2.75) is 41.5 Å². The zero-order valence-corrected chi connectivity index (χ0v) is 16.0. The number of rotatable bonds is 6. The molecule has 1 aromatic rings. The predicted octanol–water partition coefficient (Wildman–Crippen LogP) is 3.03. The van der Waals surface area contributed by atoms with Crippen LogP contribution in [0.25, 0.3) is 16.0 Å². The molecule has 0 aliphatic carbocycles. The van der Waals surface area contributed by atoms with Gasteiger partial charge in [-0.15, -0.1) is 0 Å². The van der Waals surface area contributed by atoms with Crippen LogP contribution in [0.2, 0.25) is 0 Å². The van der Waals surface area contributed by atoms with Gasteiger partial charge in [0.05, 0.1) is 0 Å². The van der Waals surface area contributed by atoms with E-state index >= 15 is 0 Å². The fourth-order valence-electron chi connectivity index (χ4n) is 0.786. The summed E-state index contributed by atoms with van der Waals surface area (Å²) in [4.78, 5) is 0. The molecule has 0 aromatic carbocycles. The van der Waals surface area contributed by atoms with Gasteiger partial charge < -0.3 is 21.0 Å². The maximum atomic E-state index is 3.97. The molecule has 0 fully saturated rings. The number of nitrogens with zero attached hydrogens (tertiary/aromatic N) is 7. The minimum atomic E-state index is 0. The molecule has 1 rings (SSSR count). The summed E-state index contributed by atoms with van der Waals surface area (Å²) in [5, 5.41) is 24.6. The van der Waals surface area contributed by atoms with Crippen LogP contribution in [0.1, 0.15) is 41.5 Å². The summed E-state index contributed by atoms with van der Waals surface area (Å²) >= 11 is 0. The molecule has 0 amide bonds. The Morgan fingerprint density at radius 2 is 1.05 bits per heavy atom. The van der Waals surface area contributed by atoms with E-state index in [1.54, 1.807) is 0 Å². The third kappa shape index (κ3) is 54.0. The summed E-state index contributed by atoms with van der Waals surface area (Å²) in [7, 11) is 0. The van der Waals surface area contributed by atoms with Crippen molar-refractivity contribution < 1.29 is 21.7 Å². The Bertz CT molecular complexity index is 161. The fourth-order valence-corrected chi connectivity index (χ4v) is 0.786. The van der Waals surface area contributed by atoms with Gasteiger partial charge in [0.2, 0.25) is 0 Å². The van der Waals surface area contributed by atoms with Crippen molar-refractivity contribution >= 4 is 0 Å². The van der Waals surface area contributed by atoms with Gasteiger partial charge in [0.15, 0.2) is 0 Å². The molecule has 122 valence electrons. The van der Waals surface area contributed by atoms with Crippen molar-refractivity contribution in [3.8, 4) is 0 Å². The van der Waals surface area contributed by atoms with E-state index in [9.17, 15) is 0 Å². The molecule has 21 heavy (non-hydrogen) atoms. The molecule has 0 atom stereocenters. The molecular weight excluding hydrogens is 302 g/mol. The number of tetrazole rings is 1. The average Bonchev–Trinajstić information content (AvgIpc) is 3.02. The smallest absolute Gasteiger partial charge is 0.663 e. The Kier molecular flexibility index (Phi) is 50.3. The van der Waals surface area contributed by atoms with E-state index < -0.39 is 0 Å². The maximum Gasteiger partial charge on any atom is 4.00 e. The third-order valence-corrected chi connectivity index (χ3v) is 1.59. The van der Waals surface area contributed by atoms with Crippen LogP contribution >= 0.6 is 0 Å². The first-order valence-electron chi connectivity index (χ1n) is 7.26. The molecule has 0 spiro atoms. The van der Waals surface area contributed by atoms with E-state index in [1.807, 2.05) is 41.5 Å². The minimum Gasteiger partial charge on any atom is -0.663 e. The largest absolute Gasteiger partial charge is 4.00 e. The first-order valence-corrected chi connectivity index (χ1v) is 7.26. The molecule has 8 heteroatoms. The standard InChI is InChI=1S/3C4H10N.CHN4.Ti/c3*1-3-5-4-2;1-2-4-5-3-1;/h3*3-4H2,1-2H3;1H;/q4*-1;+4. The van der Waals surface area contributed by atoms with Crippen LogP contribution < -0.4 is 5.10 Å². The van der Waals surface area contributed by atoms with Crippen molar-refractivity contribution in [3.63, 3.8) is 0 Å². The van der Waals surface area contributed by atoms with Crippen molar-refractivity contribution in [1.29, 1.82) is 0 Å². The van der Waals surface area contributed by atoms with Gasteiger partial charge in [-0.2, -0.15) is 44.5 Å². The number of aromatic nitrogens is 4. The molecule has 0 saturated carbocycles. The van der Waals surface area contributed by atoms with Gasteiger partial charge in [0, 0.05) is 0 Å². The number of hydrogen-bond acceptors (Lipinski definition) is 3. The normalized spacial score (nSPS) is 7.90. The molecular formula is C13H31N7Ti. The topological polar surface area (TPSA) is 95.1 Å². The van der Waals surface area contributed by atoms with E-state index in [4.69, 9.17) is 0 Å².